The maximum absolute atomic E-state index is 13.9. The molecule has 0 amide bonds. The number of hydrogen-bond donors (Lipinski definition) is 0. The first kappa shape index (κ1) is 23.0. The van der Waals surface area contributed by atoms with E-state index in [4.69, 9.17) is 18.9 Å². The molecule has 0 saturated heterocycles. The molecule has 7 heteroatoms. The highest BCUT2D eigenvalue weighted by atomic mass is 19.1. The van der Waals surface area contributed by atoms with Crippen LogP contribution in [-0.2, 0) is 16.1 Å². The number of aliphatic imine (C=N–C) groups is 1. The van der Waals surface area contributed by atoms with Gasteiger partial charge in [0, 0.05) is 11.1 Å². The Morgan fingerprint density at radius 1 is 0.912 bits per heavy atom. The minimum Gasteiger partial charge on any atom is -0.494 e. The fourth-order valence-corrected chi connectivity index (χ4v) is 3.32. The monoisotopic (exact) mass is 461 g/mol. The van der Waals surface area contributed by atoms with Gasteiger partial charge in [-0.05, 0) is 68.0 Å². The highest BCUT2D eigenvalue weighted by molar-refractivity contribution is 6.12. The van der Waals surface area contributed by atoms with Gasteiger partial charge in [-0.2, -0.15) is 0 Å². The van der Waals surface area contributed by atoms with Gasteiger partial charge in [0.25, 0.3) is 0 Å². The molecule has 1 heterocycles. The Morgan fingerprint density at radius 3 is 2.41 bits per heavy atom. The molecule has 0 aromatic heterocycles. The van der Waals surface area contributed by atoms with E-state index in [1.807, 2.05) is 13.8 Å². The first-order valence-electron chi connectivity index (χ1n) is 11.0. The number of hydrogen-bond acceptors (Lipinski definition) is 6. The smallest absolute Gasteiger partial charge is 0.363 e. The second-order valence-corrected chi connectivity index (χ2v) is 7.31. The molecule has 0 aliphatic carbocycles. The van der Waals surface area contributed by atoms with Crippen LogP contribution in [-0.4, -0.2) is 25.1 Å². The van der Waals surface area contributed by atoms with E-state index in [2.05, 4.69) is 4.99 Å². The van der Waals surface area contributed by atoms with Crippen LogP contribution in [0.4, 0.5) is 4.39 Å². The van der Waals surface area contributed by atoms with Crippen molar-refractivity contribution in [2.45, 2.75) is 20.5 Å². The standard InChI is InChI=1S/C27H24FNO5/c1-3-31-21-12-10-19(11-13-21)26-29-23(27(30)34-26)15-18-9-14-24(25(16-18)32-4-2)33-17-20-7-5-6-8-22(20)28/h5-16H,3-4,17H2,1-2H3/b23-15-. The van der Waals surface area contributed by atoms with Crippen molar-refractivity contribution >= 4 is 17.9 Å². The zero-order valence-corrected chi connectivity index (χ0v) is 18.9. The van der Waals surface area contributed by atoms with Crippen LogP contribution in [0.15, 0.2) is 77.4 Å². The van der Waals surface area contributed by atoms with E-state index in [0.717, 1.165) is 5.75 Å². The highest BCUT2D eigenvalue weighted by Gasteiger charge is 2.24. The average Bonchev–Trinajstić information content (AvgIpc) is 3.20. The number of cyclic esters (lactones) is 1. The van der Waals surface area contributed by atoms with Crippen molar-refractivity contribution in [1.82, 2.24) is 0 Å². The lowest BCUT2D eigenvalue weighted by Crippen LogP contribution is -2.05. The summed E-state index contributed by atoms with van der Waals surface area (Å²) in [6, 6.07) is 18.8. The number of ether oxygens (including phenoxy) is 4. The van der Waals surface area contributed by atoms with Crippen LogP contribution < -0.4 is 14.2 Å². The van der Waals surface area contributed by atoms with Crippen LogP contribution in [0, 0.1) is 5.82 Å². The molecule has 0 fully saturated rings. The number of carbonyl (C=O) groups excluding carboxylic acids is 1. The van der Waals surface area contributed by atoms with Crippen molar-refractivity contribution in [3.05, 3.63) is 94.9 Å². The summed E-state index contributed by atoms with van der Waals surface area (Å²) < 4.78 is 36.2. The zero-order valence-electron chi connectivity index (χ0n) is 18.9. The summed E-state index contributed by atoms with van der Waals surface area (Å²) in [5.41, 5.74) is 1.98. The molecule has 0 spiro atoms. The number of esters is 1. The Kier molecular flexibility index (Phi) is 7.22. The minimum absolute atomic E-state index is 0.0647. The van der Waals surface area contributed by atoms with Crippen molar-refractivity contribution in [1.29, 1.82) is 0 Å². The Morgan fingerprint density at radius 2 is 1.68 bits per heavy atom. The third-order valence-electron chi connectivity index (χ3n) is 4.94. The van der Waals surface area contributed by atoms with Crippen molar-refractivity contribution < 1.29 is 28.1 Å². The van der Waals surface area contributed by atoms with Crippen LogP contribution in [0.1, 0.15) is 30.5 Å². The van der Waals surface area contributed by atoms with E-state index in [1.165, 1.54) is 6.07 Å². The largest absolute Gasteiger partial charge is 0.494 e. The van der Waals surface area contributed by atoms with E-state index in [-0.39, 0.29) is 24.0 Å². The van der Waals surface area contributed by atoms with Gasteiger partial charge >= 0.3 is 5.97 Å². The SMILES string of the molecule is CCOc1ccc(C2=N/C(=C\c3ccc(OCc4ccccc4F)c(OCC)c3)C(=O)O2)cc1. The lowest BCUT2D eigenvalue weighted by molar-refractivity contribution is -0.129. The van der Waals surface area contributed by atoms with Crippen LogP contribution in [0.2, 0.25) is 0 Å². The van der Waals surface area contributed by atoms with Crippen LogP contribution in [0.5, 0.6) is 17.2 Å². The molecule has 174 valence electrons. The Bertz CT molecular complexity index is 1230. The fourth-order valence-electron chi connectivity index (χ4n) is 3.32. The van der Waals surface area contributed by atoms with E-state index >= 15 is 0 Å². The molecule has 0 radical (unpaired) electrons. The van der Waals surface area contributed by atoms with Gasteiger partial charge in [-0.1, -0.05) is 24.3 Å². The normalized spacial score (nSPS) is 14.0. The van der Waals surface area contributed by atoms with Crippen LogP contribution >= 0.6 is 0 Å². The fraction of sp³-hybridized carbons (Fsp3) is 0.185. The number of carbonyl (C=O) groups is 1. The number of nitrogens with zero attached hydrogens (tertiary/aromatic N) is 1. The molecule has 1 aliphatic rings. The van der Waals surface area contributed by atoms with E-state index in [0.29, 0.717) is 41.4 Å². The predicted molar refractivity (Wildman–Crippen MR) is 127 cm³/mol. The molecular weight excluding hydrogens is 437 g/mol. The molecular formula is C27H24FNO5. The van der Waals surface area contributed by atoms with Gasteiger partial charge in [-0.3, -0.25) is 0 Å². The summed E-state index contributed by atoms with van der Waals surface area (Å²) in [6.45, 7) is 4.81. The van der Waals surface area contributed by atoms with Gasteiger partial charge in [0.15, 0.2) is 17.2 Å². The summed E-state index contributed by atoms with van der Waals surface area (Å²) in [4.78, 5) is 16.7. The van der Waals surface area contributed by atoms with E-state index in [9.17, 15) is 9.18 Å². The topological polar surface area (TPSA) is 66.3 Å². The van der Waals surface area contributed by atoms with E-state index in [1.54, 1.807) is 66.7 Å². The molecule has 3 aromatic rings. The number of rotatable bonds is 9. The van der Waals surface area contributed by atoms with Crippen LogP contribution in [0.25, 0.3) is 6.08 Å². The van der Waals surface area contributed by atoms with Gasteiger partial charge in [-0.25, -0.2) is 14.2 Å². The van der Waals surface area contributed by atoms with Crippen LogP contribution in [0.3, 0.4) is 0 Å². The molecule has 6 nitrogen and oxygen atoms in total. The summed E-state index contributed by atoms with van der Waals surface area (Å²) in [5, 5.41) is 0. The first-order valence-corrected chi connectivity index (χ1v) is 11.0. The van der Waals surface area contributed by atoms with Gasteiger partial charge < -0.3 is 18.9 Å². The summed E-state index contributed by atoms with van der Waals surface area (Å²) in [5.74, 6) is 1.04. The molecule has 3 aromatic carbocycles. The molecule has 0 unspecified atom stereocenters. The van der Waals surface area contributed by atoms with Gasteiger partial charge in [0.2, 0.25) is 5.90 Å². The molecule has 4 rings (SSSR count). The third kappa shape index (κ3) is 5.43. The maximum Gasteiger partial charge on any atom is 0.363 e. The Hall–Kier alpha value is -4.13. The van der Waals surface area contributed by atoms with E-state index < -0.39 is 5.97 Å². The highest BCUT2D eigenvalue weighted by Crippen LogP contribution is 2.31. The summed E-state index contributed by atoms with van der Waals surface area (Å²) >= 11 is 0. The number of benzene rings is 3. The van der Waals surface area contributed by atoms with Gasteiger partial charge in [0.1, 0.15) is 18.2 Å². The minimum atomic E-state index is -0.540. The lowest BCUT2D eigenvalue weighted by atomic mass is 10.1. The summed E-state index contributed by atoms with van der Waals surface area (Å²) in [6.07, 6.45) is 1.62. The first-order chi connectivity index (χ1) is 16.6. The Labute approximate surface area is 197 Å². The molecule has 0 atom stereocenters. The van der Waals surface area contributed by atoms with Gasteiger partial charge in [-0.15, -0.1) is 0 Å². The second kappa shape index (κ2) is 10.7. The van der Waals surface area contributed by atoms with Crippen molar-refractivity contribution in [3.63, 3.8) is 0 Å². The zero-order chi connectivity index (χ0) is 23.9. The third-order valence-corrected chi connectivity index (χ3v) is 4.94. The quantitative estimate of drug-likeness (QED) is 0.309. The van der Waals surface area contributed by atoms with Crippen molar-refractivity contribution in [2.24, 2.45) is 4.99 Å². The Balaban J connectivity index is 1.53. The summed E-state index contributed by atoms with van der Waals surface area (Å²) in [7, 11) is 0. The molecule has 0 N–H and O–H groups in total. The molecule has 34 heavy (non-hydrogen) atoms. The predicted octanol–water partition coefficient (Wildman–Crippen LogP) is 5.55. The maximum atomic E-state index is 13.9. The second-order valence-electron chi connectivity index (χ2n) is 7.31. The van der Waals surface area contributed by atoms with Crippen molar-refractivity contribution in [3.8, 4) is 17.2 Å². The molecule has 1 aliphatic heterocycles. The average molecular weight is 461 g/mol. The number of halogens is 1. The van der Waals surface area contributed by atoms with Gasteiger partial charge in [0.05, 0.1) is 13.2 Å². The molecule has 0 bridgehead atoms. The lowest BCUT2D eigenvalue weighted by Gasteiger charge is -2.13. The van der Waals surface area contributed by atoms with Crippen molar-refractivity contribution in [2.75, 3.05) is 13.2 Å². The molecule has 0 saturated carbocycles.